The Hall–Kier alpha value is -2.58. The van der Waals surface area contributed by atoms with Crippen molar-refractivity contribution in [3.8, 4) is 10.4 Å². The number of allylic oxidation sites excluding steroid dienone is 2. The van der Waals surface area contributed by atoms with Crippen molar-refractivity contribution < 1.29 is 32.5 Å². The van der Waals surface area contributed by atoms with E-state index < -0.39 is 17.7 Å². The lowest BCUT2D eigenvalue weighted by atomic mass is 10.0. The van der Waals surface area contributed by atoms with E-state index in [-0.39, 0.29) is 12.7 Å². The summed E-state index contributed by atoms with van der Waals surface area (Å²) in [5.41, 5.74) is 1.06. The lowest BCUT2D eigenvalue weighted by molar-refractivity contribution is -0.143. The maximum atomic E-state index is 12.7. The zero-order valence-electron chi connectivity index (χ0n) is 20.9. The van der Waals surface area contributed by atoms with Crippen LogP contribution < -0.4 is 0 Å². The minimum Gasteiger partial charge on any atom is -0.492 e. The molecular formula is C27H35F3O4S. The van der Waals surface area contributed by atoms with E-state index in [0.29, 0.717) is 25.9 Å². The van der Waals surface area contributed by atoms with Crippen molar-refractivity contribution in [2.45, 2.75) is 72.8 Å². The highest BCUT2D eigenvalue weighted by molar-refractivity contribution is 7.15. The van der Waals surface area contributed by atoms with E-state index in [1.165, 1.54) is 23.5 Å². The molecule has 0 saturated carbocycles. The average molecular weight is 513 g/mol. The molecule has 0 radical (unpaired) electrons. The first-order valence-electron chi connectivity index (χ1n) is 11.8. The molecule has 1 heterocycles. The number of carboxylic acid groups (broad SMARTS) is 1. The fourth-order valence-corrected chi connectivity index (χ4v) is 4.13. The van der Waals surface area contributed by atoms with Crippen molar-refractivity contribution >= 4 is 17.3 Å². The summed E-state index contributed by atoms with van der Waals surface area (Å²) in [5, 5.41) is 8.77. The van der Waals surface area contributed by atoms with Gasteiger partial charge in [0.15, 0.2) is 0 Å². The fourth-order valence-electron chi connectivity index (χ4n) is 3.20. The molecular weight excluding hydrogens is 477 g/mol. The van der Waals surface area contributed by atoms with Gasteiger partial charge >= 0.3 is 12.1 Å². The van der Waals surface area contributed by atoms with Crippen LogP contribution >= 0.6 is 11.3 Å². The van der Waals surface area contributed by atoms with Gasteiger partial charge in [0, 0.05) is 16.2 Å². The van der Waals surface area contributed by atoms with Gasteiger partial charge in [-0.15, -0.1) is 11.3 Å². The molecule has 3 rings (SSSR count). The molecule has 194 valence electrons. The summed E-state index contributed by atoms with van der Waals surface area (Å²) in [6.07, 6.45) is 1.41. The maximum Gasteiger partial charge on any atom is 0.416 e. The van der Waals surface area contributed by atoms with Crippen LogP contribution in [-0.2, 0) is 27.1 Å². The summed E-state index contributed by atoms with van der Waals surface area (Å²) in [5.74, 6) is -0.151. The first-order valence-corrected chi connectivity index (χ1v) is 12.6. The predicted molar refractivity (Wildman–Crippen MR) is 135 cm³/mol. The van der Waals surface area contributed by atoms with Crippen LogP contribution in [0.25, 0.3) is 10.4 Å². The van der Waals surface area contributed by atoms with E-state index in [4.69, 9.17) is 14.6 Å². The van der Waals surface area contributed by atoms with Gasteiger partial charge in [0.2, 0.25) is 0 Å². The van der Waals surface area contributed by atoms with Crippen molar-refractivity contribution in [2.75, 3.05) is 6.61 Å². The molecule has 1 N–H and O–H groups in total. The molecule has 0 aliphatic heterocycles. The highest BCUT2D eigenvalue weighted by atomic mass is 32.1. The third-order valence-electron chi connectivity index (χ3n) is 4.90. The molecule has 2 aromatic rings. The molecule has 1 aliphatic carbocycles. The van der Waals surface area contributed by atoms with Gasteiger partial charge in [-0.25, -0.2) is 4.79 Å². The minimum atomic E-state index is -4.34. The van der Waals surface area contributed by atoms with Gasteiger partial charge in [0.25, 0.3) is 0 Å². The zero-order valence-corrected chi connectivity index (χ0v) is 21.8. The number of ether oxygens (including phenoxy) is 2. The molecule has 0 bridgehead atoms. The zero-order chi connectivity index (χ0) is 26.4. The molecule has 1 unspecified atom stereocenters. The normalized spacial score (nSPS) is 18.7. The van der Waals surface area contributed by atoms with Crippen LogP contribution in [0.2, 0.25) is 0 Å². The number of carbonyl (C=O) groups is 1. The van der Waals surface area contributed by atoms with Gasteiger partial charge in [-0.05, 0) is 61.2 Å². The van der Waals surface area contributed by atoms with Gasteiger partial charge < -0.3 is 14.6 Å². The van der Waals surface area contributed by atoms with Gasteiger partial charge in [0.1, 0.15) is 13.2 Å². The number of thiophene rings is 1. The van der Waals surface area contributed by atoms with Crippen LogP contribution in [0, 0.1) is 0 Å². The monoisotopic (exact) mass is 512 g/mol. The molecule has 1 atom stereocenters. The molecule has 8 heteroatoms. The van der Waals surface area contributed by atoms with Crippen LogP contribution in [0.15, 0.2) is 59.9 Å². The smallest absolute Gasteiger partial charge is 0.416 e. The summed E-state index contributed by atoms with van der Waals surface area (Å²) in [6, 6.07) is 8.93. The number of carboxylic acids is 1. The number of rotatable bonds is 7. The van der Waals surface area contributed by atoms with Crippen molar-refractivity contribution in [3.05, 3.63) is 70.3 Å². The highest BCUT2D eigenvalue weighted by Crippen LogP contribution is 2.33. The number of benzene rings is 1. The largest absolute Gasteiger partial charge is 0.492 e. The van der Waals surface area contributed by atoms with Gasteiger partial charge in [-0.1, -0.05) is 45.9 Å². The Kier molecular flexibility index (Phi) is 13.4. The summed E-state index contributed by atoms with van der Waals surface area (Å²) >= 11 is 1.48. The van der Waals surface area contributed by atoms with Crippen molar-refractivity contribution in [1.82, 2.24) is 0 Å². The number of alkyl halides is 3. The Morgan fingerprint density at radius 3 is 2.31 bits per heavy atom. The summed E-state index contributed by atoms with van der Waals surface area (Å²) in [4.78, 5) is 12.6. The van der Waals surface area contributed by atoms with Crippen LogP contribution in [0.3, 0.4) is 0 Å². The average Bonchev–Trinajstić information content (AvgIpc) is 3.32. The fraction of sp³-hybridized carbons (Fsp3) is 0.444. The predicted octanol–water partition coefficient (Wildman–Crippen LogP) is 8.49. The van der Waals surface area contributed by atoms with E-state index in [1.54, 1.807) is 0 Å². The number of aliphatic carboxylic acids is 1. The number of halogens is 3. The van der Waals surface area contributed by atoms with E-state index in [9.17, 15) is 18.0 Å². The summed E-state index contributed by atoms with van der Waals surface area (Å²) < 4.78 is 49.5. The van der Waals surface area contributed by atoms with Gasteiger partial charge in [-0.3, -0.25) is 0 Å². The Balaban J connectivity index is 0.00000145. The van der Waals surface area contributed by atoms with Crippen LogP contribution in [0.1, 0.15) is 64.3 Å². The second-order valence-corrected chi connectivity index (χ2v) is 8.39. The number of hydrogen-bond acceptors (Lipinski definition) is 4. The Bertz CT molecular complexity index is 960. The van der Waals surface area contributed by atoms with Crippen LogP contribution in [-0.4, -0.2) is 23.8 Å². The molecule has 0 saturated heterocycles. The molecule has 0 amide bonds. The maximum absolute atomic E-state index is 12.7. The molecule has 0 fully saturated rings. The molecule has 0 spiro atoms. The lowest BCUT2D eigenvalue weighted by Crippen LogP contribution is -2.20. The topological polar surface area (TPSA) is 55.8 Å². The second-order valence-electron chi connectivity index (χ2n) is 7.22. The standard InChI is InChI=1S/C23H23F3O4S.2C2H6/c1-15-5-10-18(3-2-4-20(15)30-14-22(27)28)29-13-19-11-12-21(31-19)16-6-8-17(9-7-16)23(24,25)26;2*1-2/h3,5-9,11-12,20H,2,4,10,13-14H2,1H3,(H,27,28);2*1-2H3/b15-5-,18-3+;;. The quantitative estimate of drug-likeness (QED) is 0.378. The van der Waals surface area contributed by atoms with Crippen LogP contribution in [0.5, 0.6) is 0 Å². The Morgan fingerprint density at radius 1 is 1.06 bits per heavy atom. The lowest BCUT2D eigenvalue weighted by Gasteiger charge is -2.20. The van der Waals surface area contributed by atoms with Crippen molar-refractivity contribution in [3.63, 3.8) is 0 Å². The first-order chi connectivity index (χ1) is 16.7. The second kappa shape index (κ2) is 15.4. The SMILES string of the molecule is C/C1=C/C/C(OCc2ccc(-c3ccc(C(F)(F)F)cc3)s2)=C\CCC1OCC(=O)O.CC.CC. The third-order valence-corrected chi connectivity index (χ3v) is 6.01. The summed E-state index contributed by atoms with van der Waals surface area (Å²) in [7, 11) is 0. The van der Waals surface area contributed by atoms with Crippen LogP contribution in [0.4, 0.5) is 13.2 Å². The third kappa shape index (κ3) is 10.3. The van der Waals surface area contributed by atoms with Crippen molar-refractivity contribution in [1.29, 1.82) is 0 Å². The minimum absolute atomic E-state index is 0.211. The van der Waals surface area contributed by atoms with E-state index in [1.807, 2.05) is 58.9 Å². The molecule has 35 heavy (non-hydrogen) atoms. The Morgan fingerprint density at radius 2 is 1.71 bits per heavy atom. The number of hydrogen-bond donors (Lipinski definition) is 1. The van der Waals surface area contributed by atoms with E-state index >= 15 is 0 Å². The summed E-state index contributed by atoms with van der Waals surface area (Å²) in [6.45, 7) is 9.98. The van der Waals surface area contributed by atoms with Gasteiger partial charge in [0.05, 0.1) is 17.4 Å². The Labute approximate surface area is 210 Å². The van der Waals surface area contributed by atoms with E-state index in [0.717, 1.165) is 38.8 Å². The van der Waals surface area contributed by atoms with E-state index in [2.05, 4.69) is 0 Å². The molecule has 1 aromatic heterocycles. The first kappa shape index (κ1) is 30.5. The molecule has 4 nitrogen and oxygen atoms in total. The van der Waals surface area contributed by atoms with Crippen molar-refractivity contribution in [2.24, 2.45) is 0 Å². The van der Waals surface area contributed by atoms with Gasteiger partial charge in [-0.2, -0.15) is 13.2 Å². The molecule has 1 aliphatic rings. The molecule has 1 aromatic carbocycles. The highest BCUT2D eigenvalue weighted by Gasteiger charge is 2.30.